The summed E-state index contributed by atoms with van der Waals surface area (Å²) >= 11 is 6.94. The molecule has 0 aliphatic carbocycles. The highest BCUT2D eigenvalue weighted by molar-refractivity contribution is 7.07. The molecule has 0 saturated carbocycles. The van der Waals surface area contributed by atoms with Crippen LogP contribution in [0.1, 0.15) is 24.8 Å². The standard InChI is InChI=1S/C24H18ClN5O3S/c25-18-5-7-19(8-6-18)29-23(31)22(34-24(29)17(14-26)15-27)13-16-4-9-20(21(12-16)30(32)33)28-10-2-1-3-11-28/h4-9,12-13H,1-3,10-11H2/b22-13-. The SMILES string of the molecule is N#CC(C#N)=c1s/c(=C\c2ccc(N3CCCCC3)c([N+](=O)[O-])c2)c(=O)n1-c1ccc(Cl)cc1. The third-order valence-corrected chi connectivity index (χ3v) is 6.88. The molecule has 0 amide bonds. The summed E-state index contributed by atoms with van der Waals surface area (Å²) < 4.78 is 1.71. The molecule has 1 fully saturated rings. The molecule has 10 heteroatoms. The molecule has 34 heavy (non-hydrogen) atoms. The van der Waals surface area contributed by atoms with Gasteiger partial charge in [-0.1, -0.05) is 17.7 Å². The Morgan fingerprint density at radius 2 is 1.76 bits per heavy atom. The van der Waals surface area contributed by atoms with Gasteiger partial charge in [0.05, 0.1) is 15.1 Å². The van der Waals surface area contributed by atoms with Gasteiger partial charge < -0.3 is 4.90 Å². The predicted molar refractivity (Wildman–Crippen MR) is 132 cm³/mol. The van der Waals surface area contributed by atoms with Crippen molar-refractivity contribution in [2.75, 3.05) is 18.0 Å². The molecule has 0 radical (unpaired) electrons. The third-order valence-electron chi connectivity index (χ3n) is 5.54. The number of anilines is 1. The molecule has 0 N–H and O–H groups in total. The molecule has 1 aliphatic rings. The summed E-state index contributed by atoms with van der Waals surface area (Å²) in [6.07, 6.45) is 4.64. The van der Waals surface area contributed by atoms with Gasteiger partial charge in [0, 0.05) is 24.2 Å². The van der Waals surface area contributed by atoms with E-state index in [2.05, 4.69) is 0 Å². The van der Waals surface area contributed by atoms with E-state index >= 15 is 0 Å². The molecular weight excluding hydrogens is 474 g/mol. The van der Waals surface area contributed by atoms with Crippen molar-refractivity contribution < 1.29 is 4.92 Å². The van der Waals surface area contributed by atoms with Crippen LogP contribution in [-0.2, 0) is 0 Å². The zero-order valence-corrected chi connectivity index (χ0v) is 19.5. The topological polar surface area (TPSA) is 116 Å². The summed E-state index contributed by atoms with van der Waals surface area (Å²) in [6.45, 7) is 1.54. The first kappa shape index (κ1) is 23.2. The zero-order valence-electron chi connectivity index (χ0n) is 17.9. The van der Waals surface area contributed by atoms with Crippen molar-refractivity contribution in [1.29, 1.82) is 10.5 Å². The Morgan fingerprint density at radius 1 is 1.09 bits per heavy atom. The van der Waals surface area contributed by atoms with E-state index in [4.69, 9.17) is 11.6 Å². The highest BCUT2D eigenvalue weighted by atomic mass is 35.5. The van der Waals surface area contributed by atoms with E-state index in [1.165, 1.54) is 10.6 Å². The zero-order chi connectivity index (χ0) is 24.2. The van der Waals surface area contributed by atoms with Crippen LogP contribution >= 0.6 is 22.9 Å². The summed E-state index contributed by atoms with van der Waals surface area (Å²) in [5.74, 6) is 0. The van der Waals surface area contributed by atoms with Gasteiger partial charge in [0.15, 0.2) is 5.57 Å². The minimum Gasteiger partial charge on any atom is -0.366 e. The maximum absolute atomic E-state index is 13.3. The van der Waals surface area contributed by atoms with E-state index in [1.807, 2.05) is 17.0 Å². The fraction of sp³-hybridized carbons (Fsp3) is 0.208. The second kappa shape index (κ2) is 9.92. The number of piperidine rings is 1. The van der Waals surface area contributed by atoms with Crippen LogP contribution in [0.25, 0.3) is 17.3 Å². The number of nitro benzene ring substituents is 1. The minimum absolute atomic E-state index is 0.0215. The Bertz CT molecular complexity index is 1500. The Morgan fingerprint density at radius 3 is 2.38 bits per heavy atom. The summed E-state index contributed by atoms with van der Waals surface area (Å²) in [6, 6.07) is 15.0. The molecule has 2 heterocycles. The van der Waals surface area contributed by atoms with Crippen molar-refractivity contribution in [3.63, 3.8) is 0 Å². The number of rotatable bonds is 4. The molecule has 2 aromatic carbocycles. The van der Waals surface area contributed by atoms with Crippen LogP contribution in [0, 0.1) is 32.8 Å². The maximum Gasteiger partial charge on any atom is 0.293 e. The molecular formula is C24H18ClN5O3S. The first-order valence-electron chi connectivity index (χ1n) is 10.5. The van der Waals surface area contributed by atoms with Crippen LogP contribution in [0.15, 0.2) is 47.3 Å². The van der Waals surface area contributed by atoms with Crippen molar-refractivity contribution >= 4 is 46.0 Å². The largest absolute Gasteiger partial charge is 0.366 e. The van der Waals surface area contributed by atoms with Gasteiger partial charge in [-0.05, 0) is 61.2 Å². The molecule has 170 valence electrons. The molecule has 1 aromatic heterocycles. The first-order chi connectivity index (χ1) is 16.4. The van der Waals surface area contributed by atoms with Gasteiger partial charge in [-0.25, -0.2) is 0 Å². The second-order valence-corrected chi connectivity index (χ2v) is 9.15. The summed E-state index contributed by atoms with van der Waals surface area (Å²) in [5.41, 5.74) is 0.839. The van der Waals surface area contributed by atoms with E-state index in [-0.39, 0.29) is 20.5 Å². The monoisotopic (exact) mass is 491 g/mol. The molecule has 0 spiro atoms. The Kier molecular flexibility index (Phi) is 6.78. The Hall–Kier alpha value is -3.92. The van der Waals surface area contributed by atoms with E-state index in [9.17, 15) is 25.4 Å². The Balaban J connectivity index is 1.90. The Labute approximate surface area is 203 Å². The number of nitro groups is 1. The van der Waals surface area contributed by atoms with Crippen LogP contribution in [0.5, 0.6) is 0 Å². The van der Waals surface area contributed by atoms with E-state index in [0.717, 1.165) is 43.7 Å². The van der Waals surface area contributed by atoms with Crippen LogP contribution in [0.4, 0.5) is 11.4 Å². The molecule has 0 atom stereocenters. The van der Waals surface area contributed by atoms with Crippen molar-refractivity contribution in [3.05, 3.63) is 82.7 Å². The highest BCUT2D eigenvalue weighted by Gasteiger charge is 2.21. The number of nitrogens with zero attached hydrogens (tertiary/aromatic N) is 5. The average molecular weight is 492 g/mol. The van der Waals surface area contributed by atoms with Gasteiger partial charge in [0.25, 0.3) is 11.2 Å². The molecule has 0 unspecified atom stereocenters. The fourth-order valence-corrected chi connectivity index (χ4v) is 5.11. The molecule has 0 bridgehead atoms. The first-order valence-corrected chi connectivity index (χ1v) is 11.7. The van der Waals surface area contributed by atoms with E-state index < -0.39 is 10.5 Å². The molecule has 1 aliphatic heterocycles. The number of hydrogen-bond acceptors (Lipinski definition) is 7. The number of benzene rings is 2. The van der Waals surface area contributed by atoms with Crippen molar-refractivity contribution in [2.45, 2.75) is 19.3 Å². The third kappa shape index (κ3) is 4.58. The normalized spacial score (nSPS) is 13.9. The van der Waals surface area contributed by atoms with E-state index in [1.54, 1.807) is 42.5 Å². The quantitative estimate of drug-likeness (QED) is 0.407. The number of thiazole rings is 1. The smallest absolute Gasteiger partial charge is 0.293 e. The second-order valence-electron chi connectivity index (χ2n) is 7.68. The van der Waals surface area contributed by atoms with Crippen molar-refractivity contribution in [3.8, 4) is 17.8 Å². The van der Waals surface area contributed by atoms with Crippen molar-refractivity contribution in [1.82, 2.24) is 4.57 Å². The minimum atomic E-state index is -0.437. The fourth-order valence-electron chi connectivity index (χ4n) is 3.93. The van der Waals surface area contributed by atoms with Crippen molar-refractivity contribution in [2.24, 2.45) is 0 Å². The van der Waals surface area contributed by atoms with Gasteiger partial charge in [-0.15, -0.1) is 11.3 Å². The van der Waals surface area contributed by atoms with Gasteiger partial charge in [-0.2, -0.15) is 10.5 Å². The van der Waals surface area contributed by atoms with Gasteiger partial charge >= 0.3 is 0 Å². The molecule has 4 rings (SSSR count). The summed E-state index contributed by atoms with van der Waals surface area (Å²) in [5, 5.41) is 31.1. The molecule has 3 aromatic rings. The van der Waals surface area contributed by atoms with Gasteiger partial charge in [0.2, 0.25) is 0 Å². The number of aromatic nitrogens is 1. The lowest BCUT2D eigenvalue weighted by atomic mass is 10.1. The number of halogens is 1. The molecule has 8 nitrogen and oxygen atoms in total. The van der Waals surface area contributed by atoms with Crippen LogP contribution in [0.3, 0.4) is 0 Å². The van der Waals surface area contributed by atoms with E-state index in [0.29, 0.717) is 22.0 Å². The predicted octanol–water partition coefficient (Wildman–Crippen LogP) is 3.48. The number of nitriles is 2. The van der Waals surface area contributed by atoms with Crippen LogP contribution in [-0.4, -0.2) is 22.6 Å². The lowest BCUT2D eigenvalue weighted by Gasteiger charge is -2.28. The maximum atomic E-state index is 13.3. The summed E-state index contributed by atoms with van der Waals surface area (Å²) in [4.78, 5) is 26.7. The highest BCUT2D eigenvalue weighted by Crippen LogP contribution is 2.31. The lowest BCUT2D eigenvalue weighted by molar-refractivity contribution is -0.384. The van der Waals surface area contributed by atoms with Crippen LogP contribution in [0.2, 0.25) is 5.02 Å². The van der Waals surface area contributed by atoms with Gasteiger partial charge in [0.1, 0.15) is 22.5 Å². The number of hydrogen-bond donors (Lipinski definition) is 0. The lowest BCUT2D eigenvalue weighted by Crippen LogP contribution is -2.30. The van der Waals surface area contributed by atoms with Crippen LogP contribution < -0.4 is 19.7 Å². The summed E-state index contributed by atoms with van der Waals surface area (Å²) in [7, 11) is 0. The van der Waals surface area contributed by atoms with Gasteiger partial charge in [-0.3, -0.25) is 19.5 Å². The molecule has 1 saturated heterocycles. The average Bonchev–Trinajstić information content (AvgIpc) is 3.16.